The molecule has 0 fully saturated rings. The van der Waals surface area contributed by atoms with Crippen molar-refractivity contribution in [2.45, 2.75) is 26.3 Å². The third-order valence-electron chi connectivity index (χ3n) is 3.44. The molecular weight excluding hydrogens is 354 g/mol. The Hall–Kier alpha value is -3.07. The minimum Gasteiger partial charge on any atom is -0.344 e. The number of hydrogen-bond donors (Lipinski definition) is 2. The molecule has 0 aliphatic heterocycles. The number of carbonyl (C=O) groups is 2. The molecule has 134 valence electrons. The molecule has 26 heavy (non-hydrogen) atoms. The number of rotatable bonds is 6. The van der Waals surface area contributed by atoms with Gasteiger partial charge in [0.05, 0.1) is 12.1 Å². The number of aromatic nitrogens is 3. The van der Waals surface area contributed by atoms with E-state index in [1.807, 2.05) is 6.07 Å². The second-order valence-corrected chi connectivity index (χ2v) is 6.47. The summed E-state index contributed by atoms with van der Waals surface area (Å²) in [6.07, 6.45) is 0.0924. The maximum Gasteiger partial charge on any atom is 0.257 e. The van der Waals surface area contributed by atoms with E-state index < -0.39 is 0 Å². The Balaban J connectivity index is 1.54. The highest BCUT2D eigenvalue weighted by Crippen LogP contribution is 2.17. The summed E-state index contributed by atoms with van der Waals surface area (Å²) in [4.78, 5) is 32.6. The normalized spacial score (nSPS) is 11.8. The van der Waals surface area contributed by atoms with Crippen LogP contribution in [0.3, 0.4) is 0 Å². The van der Waals surface area contributed by atoms with Gasteiger partial charge in [-0.25, -0.2) is 4.98 Å². The van der Waals surface area contributed by atoms with Crippen LogP contribution in [0.25, 0.3) is 0 Å². The van der Waals surface area contributed by atoms with E-state index in [4.69, 9.17) is 4.52 Å². The Morgan fingerprint density at radius 3 is 2.69 bits per heavy atom. The molecule has 0 aliphatic carbocycles. The first-order chi connectivity index (χ1) is 12.5. The lowest BCUT2D eigenvalue weighted by atomic mass is 10.2. The SMILES string of the molecule is Cc1noc(C(C)NC(=O)Cc2csc(NC(=O)c3ccccc3)n2)n1. The molecule has 0 spiro atoms. The average Bonchev–Trinajstić information content (AvgIpc) is 3.24. The Bertz CT molecular complexity index is 906. The average molecular weight is 371 g/mol. The van der Waals surface area contributed by atoms with E-state index in [9.17, 15) is 9.59 Å². The summed E-state index contributed by atoms with van der Waals surface area (Å²) < 4.78 is 5.03. The van der Waals surface area contributed by atoms with Gasteiger partial charge in [-0.2, -0.15) is 4.98 Å². The number of carbonyl (C=O) groups excluding carboxylic acids is 2. The molecule has 2 aromatic heterocycles. The fourth-order valence-electron chi connectivity index (χ4n) is 2.21. The predicted octanol–water partition coefficient (Wildman–Crippen LogP) is 2.51. The lowest BCUT2D eigenvalue weighted by Gasteiger charge is -2.08. The molecule has 2 amide bonds. The Kier molecular flexibility index (Phi) is 5.37. The monoisotopic (exact) mass is 371 g/mol. The molecule has 9 heteroatoms. The van der Waals surface area contributed by atoms with Gasteiger partial charge >= 0.3 is 0 Å². The van der Waals surface area contributed by atoms with Crippen molar-refractivity contribution in [3.63, 3.8) is 0 Å². The molecule has 2 N–H and O–H groups in total. The zero-order valence-corrected chi connectivity index (χ0v) is 15.0. The highest BCUT2D eigenvalue weighted by Gasteiger charge is 2.17. The first-order valence-electron chi connectivity index (χ1n) is 7.91. The molecule has 1 atom stereocenters. The van der Waals surface area contributed by atoms with Crippen molar-refractivity contribution in [2.24, 2.45) is 0 Å². The van der Waals surface area contributed by atoms with E-state index in [2.05, 4.69) is 25.8 Å². The van der Waals surface area contributed by atoms with Crippen LogP contribution in [-0.4, -0.2) is 26.9 Å². The second-order valence-electron chi connectivity index (χ2n) is 5.61. The molecule has 8 nitrogen and oxygen atoms in total. The van der Waals surface area contributed by atoms with Crippen LogP contribution in [-0.2, 0) is 11.2 Å². The summed E-state index contributed by atoms with van der Waals surface area (Å²) in [6, 6.07) is 8.47. The Morgan fingerprint density at radius 2 is 2.00 bits per heavy atom. The number of nitrogens with zero attached hydrogens (tertiary/aromatic N) is 3. The molecule has 1 unspecified atom stereocenters. The van der Waals surface area contributed by atoms with Crippen LogP contribution in [0.5, 0.6) is 0 Å². The second kappa shape index (κ2) is 7.87. The van der Waals surface area contributed by atoms with Crippen molar-refractivity contribution in [3.8, 4) is 0 Å². The molecule has 1 aromatic carbocycles. The van der Waals surface area contributed by atoms with E-state index in [1.54, 1.807) is 43.5 Å². The van der Waals surface area contributed by atoms with Gasteiger partial charge < -0.3 is 9.84 Å². The zero-order valence-electron chi connectivity index (χ0n) is 14.2. The van der Waals surface area contributed by atoms with Crippen molar-refractivity contribution in [1.82, 2.24) is 20.4 Å². The number of nitrogens with one attached hydrogen (secondary N) is 2. The first-order valence-corrected chi connectivity index (χ1v) is 8.79. The van der Waals surface area contributed by atoms with Crippen LogP contribution in [0.2, 0.25) is 0 Å². The number of hydrogen-bond acceptors (Lipinski definition) is 7. The maximum absolute atomic E-state index is 12.1. The van der Waals surface area contributed by atoms with Crippen LogP contribution in [0.15, 0.2) is 40.2 Å². The summed E-state index contributed by atoms with van der Waals surface area (Å²) >= 11 is 1.27. The third kappa shape index (κ3) is 4.51. The topological polar surface area (TPSA) is 110 Å². The molecule has 0 saturated heterocycles. The lowest BCUT2D eigenvalue weighted by Crippen LogP contribution is -2.28. The van der Waals surface area contributed by atoms with Crippen LogP contribution in [0.1, 0.15) is 40.7 Å². The minimum absolute atomic E-state index is 0.0924. The lowest BCUT2D eigenvalue weighted by molar-refractivity contribution is -0.121. The molecule has 0 aliphatic rings. The highest BCUT2D eigenvalue weighted by atomic mass is 32.1. The minimum atomic E-state index is -0.389. The summed E-state index contributed by atoms with van der Waals surface area (Å²) in [5.41, 5.74) is 1.12. The Morgan fingerprint density at radius 1 is 1.23 bits per heavy atom. The summed E-state index contributed by atoms with van der Waals surface area (Å²) in [6.45, 7) is 3.47. The van der Waals surface area contributed by atoms with E-state index in [0.717, 1.165) is 0 Å². The number of aryl methyl sites for hydroxylation is 1. The molecule has 0 bridgehead atoms. The van der Waals surface area contributed by atoms with Crippen molar-refractivity contribution in [2.75, 3.05) is 5.32 Å². The fraction of sp³-hybridized carbons (Fsp3) is 0.235. The van der Waals surface area contributed by atoms with Crippen LogP contribution in [0.4, 0.5) is 5.13 Å². The first kappa shape index (κ1) is 17.7. The summed E-state index contributed by atoms with van der Waals surface area (Å²) in [5.74, 6) is 0.403. The molecule has 3 aromatic rings. The smallest absolute Gasteiger partial charge is 0.257 e. The summed E-state index contributed by atoms with van der Waals surface area (Å²) in [7, 11) is 0. The van der Waals surface area contributed by atoms with E-state index in [1.165, 1.54) is 11.3 Å². The molecule has 3 rings (SSSR count). The molecule has 2 heterocycles. The summed E-state index contributed by atoms with van der Waals surface area (Å²) in [5, 5.41) is 11.4. The van der Waals surface area contributed by atoms with Gasteiger partial charge in [-0.05, 0) is 26.0 Å². The van der Waals surface area contributed by atoms with Crippen molar-refractivity contribution in [1.29, 1.82) is 0 Å². The van der Waals surface area contributed by atoms with Gasteiger partial charge in [0, 0.05) is 10.9 Å². The number of anilines is 1. The predicted molar refractivity (Wildman–Crippen MR) is 95.8 cm³/mol. The van der Waals surface area contributed by atoms with Crippen LogP contribution in [0, 0.1) is 6.92 Å². The van der Waals surface area contributed by atoms with Gasteiger partial charge in [-0.1, -0.05) is 23.4 Å². The highest BCUT2D eigenvalue weighted by molar-refractivity contribution is 7.14. The number of amides is 2. The van der Waals surface area contributed by atoms with Crippen molar-refractivity contribution in [3.05, 3.63) is 58.7 Å². The molecular formula is C17H17N5O3S. The molecule has 0 radical (unpaired) electrons. The fourth-order valence-corrected chi connectivity index (χ4v) is 2.92. The van der Waals surface area contributed by atoms with Crippen LogP contribution >= 0.6 is 11.3 Å². The van der Waals surface area contributed by atoms with Gasteiger partial charge in [0.15, 0.2) is 11.0 Å². The molecule has 0 saturated carbocycles. The van der Waals surface area contributed by atoms with Crippen molar-refractivity contribution < 1.29 is 14.1 Å². The number of benzene rings is 1. The van der Waals surface area contributed by atoms with E-state index in [0.29, 0.717) is 28.1 Å². The van der Waals surface area contributed by atoms with Crippen LogP contribution < -0.4 is 10.6 Å². The quantitative estimate of drug-likeness (QED) is 0.689. The van der Waals surface area contributed by atoms with Gasteiger partial charge in [0.2, 0.25) is 11.8 Å². The van der Waals surface area contributed by atoms with Gasteiger partial charge in [0.25, 0.3) is 5.91 Å². The van der Waals surface area contributed by atoms with Gasteiger partial charge in [-0.15, -0.1) is 11.3 Å². The van der Waals surface area contributed by atoms with Gasteiger partial charge in [0.1, 0.15) is 6.04 Å². The van der Waals surface area contributed by atoms with E-state index in [-0.39, 0.29) is 24.3 Å². The number of thiazole rings is 1. The largest absolute Gasteiger partial charge is 0.344 e. The van der Waals surface area contributed by atoms with Crippen molar-refractivity contribution >= 4 is 28.3 Å². The zero-order chi connectivity index (χ0) is 18.5. The Labute approximate surface area is 153 Å². The third-order valence-corrected chi connectivity index (χ3v) is 4.25. The van der Waals surface area contributed by atoms with Gasteiger partial charge in [-0.3, -0.25) is 14.9 Å². The standard InChI is InChI=1S/C17H17N5O3S/c1-10(16-19-11(2)22-25-16)18-14(23)8-13-9-26-17(20-13)21-15(24)12-6-4-3-5-7-12/h3-7,9-10H,8H2,1-2H3,(H,18,23)(H,20,21,24). The maximum atomic E-state index is 12.1. The van der Waals surface area contributed by atoms with E-state index >= 15 is 0 Å².